The van der Waals surface area contributed by atoms with E-state index in [0.29, 0.717) is 11.7 Å². The van der Waals surface area contributed by atoms with Crippen molar-refractivity contribution in [3.05, 3.63) is 23.8 Å². The summed E-state index contributed by atoms with van der Waals surface area (Å²) in [5, 5.41) is 22.5. The SMILES string of the molecule is COc1ccc(O)c(C(C)NC(CO)C(C)C)c1. The topological polar surface area (TPSA) is 61.7 Å². The zero-order valence-corrected chi connectivity index (χ0v) is 11.5. The van der Waals surface area contributed by atoms with Crippen LogP contribution in [0.4, 0.5) is 0 Å². The maximum Gasteiger partial charge on any atom is 0.120 e. The van der Waals surface area contributed by atoms with E-state index in [0.717, 1.165) is 5.56 Å². The largest absolute Gasteiger partial charge is 0.508 e. The molecule has 1 rings (SSSR count). The smallest absolute Gasteiger partial charge is 0.120 e. The highest BCUT2D eigenvalue weighted by atomic mass is 16.5. The van der Waals surface area contributed by atoms with Crippen molar-refractivity contribution in [2.45, 2.75) is 32.9 Å². The van der Waals surface area contributed by atoms with Crippen molar-refractivity contribution < 1.29 is 14.9 Å². The Morgan fingerprint density at radius 1 is 1.28 bits per heavy atom. The number of phenols is 1. The molecule has 0 heterocycles. The molecule has 0 amide bonds. The van der Waals surface area contributed by atoms with Gasteiger partial charge in [0, 0.05) is 17.6 Å². The molecule has 0 fully saturated rings. The maximum absolute atomic E-state index is 9.87. The summed E-state index contributed by atoms with van der Waals surface area (Å²) < 4.78 is 5.15. The summed E-state index contributed by atoms with van der Waals surface area (Å²) in [6.07, 6.45) is 0. The van der Waals surface area contributed by atoms with Crippen LogP contribution in [0.1, 0.15) is 32.4 Å². The number of benzene rings is 1. The Labute approximate surface area is 109 Å². The first-order valence-electron chi connectivity index (χ1n) is 6.23. The Hall–Kier alpha value is -1.26. The molecule has 0 spiro atoms. The van der Waals surface area contributed by atoms with Gasteiger partial charge in [0.2, 0.25) is 0 Å². The molecule has 3 N–H and O–H groups in total. The van der Waals surface area contributed by atoms with Gasteiger partial charge in [0.15, 0.2) is 0 Å². The van der Waals surface area contributed by atoms with Gasteiger partial charge in [-0.2, -0.15) is 0 Å². The van der Waals surface area contributed by atoms with Crippen LogP contribution < -0.4 is 10.1 Å². The predicted molar refractivity (Wildman–Crippen MR) is 71.9 cm³/mol. The zero-order chi connectivity index (χ0) is 13.7. The van der Waals surface area contributed by atoms with Crippen LogP contribution in [-0.4, -0.2) is 30.0 Å². The molecule has 0 aliphatic heterocycles. The highest BCUT2D eigenvalue weighted by Gasteiger charge is 2.18. The highest BCUT2D eigenvalue weighted by molar-refractivity contribution is 5.41. The van der Waals surface area contributed by atoms with E-state index in [9.17, 15) is 10.2 Å². The lowest BCUT2D eigenvalue weighted by atomic mass is 10.0. The maximum atomic E-state index is 9.87. The second-order valence-electron chi connectivity index (χ2n) is 4.85. The van der Waals surface area contributed by atoms with Crippen molar-refractivity contribution in [3.8, 4) is 11.5 Å². The van der Waals surface area contributed by atoms with E-state index in [1.54, 1.807) is 19.2 Å². The molecule has 0 bridgehead atoms. The third-order valence-electron chi connectivity index (χ3n) is 3.17. The molecule has 0 saturated carbocycles. The molecule has 0 saturated heterocycles. The van der Waals surface area contributed by atoms with Crippen LogP contribution in [-0.2, 0) is 0 Å². The molecule has 0 aliphatic carbocycles. The van der Waals surface area contributed by atoms with E-state index >= 15 is 0 Å². The van der Waals surface area contributed by atoms with E-state index in [-0.39, 0.29) is 24.4 Å². The van der Waals surface area contributed by atoms with Crippen molar-refractivity contribution in [2.75, 3.05) is 13.7 Å². The zero-order valence-electron chi connectivity index (χ0n) is 11.5. The van der Waals surface area contributed by atoms with E-state index in [2.05, 4.69) is 5.32 Å². The summed E-state index contributed by atoms with van der Waals surface area (Å²) >= 11 is 0. The molecule has 1 aromatic rings. The fourth-order valence-corrected chi connectivity index (χ4v) is 1.87. The molecule has 0 radical (unpaired) electrons. The summed E-state index contributed by atoms with van der Waals surface area (Å²) in [7, 11) is 1.60. The Morgan fingerprint density at radius 2 is 1.94 bits per heavy atom. The standard InChI is InChI=1S/C14H23NO3/c1-9(2)13(8-16)15-10(3)12-7-11(18-4)5-6-14(12)17/h5-7,9-10,13,15-17H,8H2,1-4H3. The van der Waals surface area contributed by atoms with E-state index in [1.165, 1.54) is 0 Å². The van der Waals surface area contributed by atoms with Crippen molar-refractivity contribution in [3.63, 3.8) is 0 Å². The lowest BCUT2D eigenvalue weighted by Gasteiger charge is -2.25. The minimum absolute atomic E-state index is 0.00519. The molecule has 2 atom stereocenters. The van der Waals surface area contributed by atoms with Gasteiger partial charge in [-0.1, -0.05) is 13.8 Å². The molecule has 0 aliphatic rings. The lowest BCUT2D eigenvalue weighted by Crippen LogP contribution is -2.38. The van der Waals surface area contributed by atoms with Gasteiger partial charge < -0.3 is 20.3 Å². The van der Waals surface area contributed by atoms with Gasteiger partial charge in [0.05, 0.1) is 13.7 Å². The fourth-order valence-electron chi connectivity index (χ4n) is 1.87. The Morgan fingerprint density at radius 3 is 2.44 bits per heavy atom. The van der Waals surface area contributed by atoms with Gasteiger partial charge in [-0.05, 0) is 31.0 Å². The van der Waals surface area contributed by atoms with Gasteiger partial charge in [-0.15, -0.1) is 0 Å². The average Bonchev–Trinajstić information content (AvgIpc) is 2.35. The van der Waals surface area contributed by atoms with Crippen LogP contribution in [0.15, 0.2) is 18.2 Å². The quantitative estimate of drug-likeness (QED) is 0.726. The van der Waals surface area contributed by atoms with Crippen molar-refractivity contribution in [1.82, 2.24) is 5.32 Å². The summed E-state index contributed by atoms with van der Waals surface area (Å²) in [6.45, 7) is 6.13. The molecule has 2 unspecified atom stereocenters. The van der Waals surface area contributed by atoms with E-state index < -0.39 is 0 Å². The second kappa shape index (κ2) is 6.61. The van der Waals surface area contributed by atoms with Crippen LogP contribution >= 0.6 is 0 Å². The number of methoxy groups -OCH3 is 1. The molecule has 102 valence electrons. The summed E-state index contributed by atoms with van der Waals surface area (Å²) in [5.74, 6) is 1.27. The molecular weight excluding hydrogens is 230 g/mol. The molecule has 0 aromatic heterocycles. The minimum atomic E-state index is -0.0559. The first kappa shape index (κ1) is 14.8. The van der Waals surface area contributed by atoms with Gasteiger partial charge >= 0.3 is 0 Å². The van der Waals surface area contributed by atoms with Gasteiger partial charge in [0.1, 0.15) is 11.5 Å². The van der Waals surface area contributed by atoms with Crippen LogP contribution in [0.2, 0.25) is 0 Å². The van der Waals surface area contributed by atoms with Gasteiger partial charge in [-0.3, -0.25) is 0 Å². The van der Waals surface area contributed by atoms with E-state index in [1.807, 2.05) is 26.8 Å². The number of hydrogen-bond acceptors (Lipinski definition) is 4. The summed E-state index contributed by atoms with van der Waals surface area (Å²) in [4.78, 5) is 0. The van der Waals surface area contributed by atoms with Gasteiger partial charge in [0.25, 0.3) is 0 Å². The number of hydrogen-bond donors (Lipinski definition) is 3. The second-order valence-corrected chi connectivity index (χ2v) is 4.85. The molecule has 1 aromatic carbocycles. The minimum Gasteiger partial charge on any atom is -0.508 e. The number of phenolic OH excluding ortho intramolecular Hbond substituents is 1. The van der Waals surface area contributed by atoms with Crippen LogP contribution in [0.3, 0.4) is 0 Å². The number of aliphatic hydroxyl groups excluding tert-OH is 1. The van der Waals surface area contributed by atoms with Crippen LogP contribution in [0, 0.1) is 5.92 Å². The molecule has 4 heteroatoms. The first-order valence-corrected chi connectivity index (χ1v) is 6.23. The van der Waals surface area contributed by atoms with Crippen LogP contribution in [0.25, 0.3) is 0 Å². The van der Waals surface area contributed by atoms with Crippen molar-refractivity contribution >= 4 is 0 Å². The number of rotatable bonds is 6. The predicted octanol–water partition coefficient (Wildman–Crippen LogP) is 2.07. The Bertz CT molecular complexity index is 379. The third-order valence-corrected chi connectivity index (χ3v) is 3.17. The van der Waals surface area contributed by atoms with Crippen molar-refractivity contribution in [2.24, 2.45) is 5.92 Å². The monoisotopic (exact) mass is 253 g/mol. The number of nitrogens with one attached hydrogen (secondary N) is 1. The number of aromatic hydroxyl groups is 1. The summed E-state index contributed by atoms with van der Waals surface area (Å²) in [6, 6.07) is 5.10. The lowest BCUT2D eigenvalue weighted by molar-refractivity contribution is 0.201. The van der Waals surface area contributed by atoms with Crippen LogP contribution in [0.5, 0.6) is 11.5 Å². The number of ether oxygens (including phenoxy) is 1. The van der Waals surface area contributed by atoms with E-state index in [4.69, 9.17) is 4.74 Å². The van der Waals surface area contributed by atoms with Gasteiger partial charge in [-0.25, -0.2) is 0 Å². The Kier molecular flexibility index (Phi) is 5.44. The van der Waals surface area contributed by atoms with Crippen molar-refractivity contribution in [1.29, 1.82) is 0 Å². The molecular formula is C14H23NO3. The normalized spacial score (nSPS) is 14.6. The summed E-state index contributed by atoms with van der Waals surface area (Å²) in [5.41, 5.74) is 0.772. The highest BCUT2D eigenvalue weighted by Crippen LogP contribution is 2.28. The average molecular weight is 253 g/mol. The third kappa shape index (κ3) is 3.62. The molecule has 18 heavy (non-hydrogen) atoms. The number of aliphatic hydroxyl groups is 1. The Balaban J connectivity index is 2.85. The molecule has 4 nitrogen and oxygen atoms in total. The first-order chi connectivity index (χ1) is 8.49. The fraction of sp³-hybridized carbons (Fsp3) is 0.571.